The number of nitrogens with one attached hydrogen (secondary N) is 1. The zero-order valence-corrected chi connectivity index (χ0v) is 27.8. The third-order valence-corrected chi connectivity index (χ3v) is 9.54. The molecule has 236 valence electrons. The van der Waals surface area contributed by atoms with E-state index in [1.807, 2.05) is 75.4 Å². The van der Waals surface area contributed by atoms with Gasteiger partial charge in [0.25, 0.3) is 10.0 Å². The van der Waals surface area contributed by atoms with Gasteiger partial charge < -0.3 is 10.2 Å². The number of benzene rings is 4. The number of anilines is 1. The summed E-state index contributed by atoms with van der Waals surface area (Å²) in [7, 11) is -4.28. The lowest BCUT2D eigenvalue weighted by Gasteiger charge is -2.34. The van der Waals surface area contributed by atoms with Crippen LogP contribution in [0.1, 0.15) is 30.5 Å². The number of amides is 2. The molecule has 7 nitrogen and oxygen atoms in total. The molecule has 4 rings (SSSR count). The van der Waals surface area contributed by atoms with Crippen LogP contribution >= 0.6 is 23.2 Å². The highest BCUT2D eigenvalue weighted by molar-refractivity contribution is 7.92. The monoisotopic (exact) mass is 665 g/mol. The Morgan fingerprint density at radius 2 is 1.44 bits per heavy atom. The van der Waals surface area contributed by atoms with Crippen molar-refractivity contribution in [2.75, 3.05) is 17.4 Å². The summed E-state index contributed by atoms with van der Waals surface area (Å²) in [6.07, 6.45) is 0.228. The maximum Gasteiger partial charge on any atom is 0.264 e. The van der Waals surface area contributed by atoms with Crippen LogP contribution in [0, 0.1) is 12.8 Å². The molecule has 0 bridgehead atoms. The Hall–Kier alpha value is -3.85. The lowest BCUT2D eigenvalue weighted by atomic mass is 10.0. The van der Waals surface area contributed by atoms with E-state index in [0.717, 1.165) is 21.0 Å². The SMILES string of the molecule is Cc1ccc(CN(C(=O)CN(c2cc(Cl)ccc2Cl)S(=O)(=O)c2ccccc2)C(Cc2ccccc2)C(=O)NCC(C)C)cc1. The van der Waals surface area contributed by atoms with Crippen LogP contribution in [-0.2, 0) is 32.6 Å². The highest BCUT2D eigenvalue weighted by Gasteiger charge is 2.35. The molecule has 0 heterocycles. The number of hydrogen-bond acceptors (Lipinski definition) is 4. The molecule has 0 radical (unpaired) electrons. The van der Waals surface area contributed by atoms with Gasteiger partial charge >= 0.3 is 0 Å². The van der Waals surface area contributed by atoms with Gasteiger partial charge in [-0.25, -0.2) is 8.42 Å². The third-order valence-electron chi connectivity index (χ3n) is 7.22. The topological polar surface area (TPSA) is 86.8 Å². The number of hydrogen-bond donors (Lipinski definition) is 1. The van der Waals surface area contributed by atoms with Crippen LogP contribution in [0.4, 0.5) is 5.69 Å². The molecule has 0 aliphatic carbocycles. The van der Waals surface area contributed by atoms with Crippen molar-refractivity contribution in [3.8, 4) is 0 Å². The molecule has 0 fully saturated rings. The Labute approximate surface area is 275 Å². The van der Waals surface area contributed by atoms with E-state index >= 15 is 0 Å². The maximum absolute atomic E-state index is 14.5. The molecule has 0 spiro atoms. The first kappa shape index (κ1) is 34.0. The average Bonchev–Trinajstić information content (AvgIpc) is 3.03. The summed E-state index contributed by atoms with van der Waals surface area (Å²) >= 11 is 12.8. The third kappa shape index (κ3) is 9.10. The lowest BCUT2D eigenvalue weighted by Crippen LogP contribution is -2.53. The molecule has 45 heavy (non-hydrogen) atoms. The summed E-state index contributed by atoms with van der Waals surface area (Å²) in [6.45, 7) is 5.82. The Kier molecular flexibility index (Phi) is 11.7. The van der Waals surface area contributed by atoms with E-state index in [2.05, 4.69) is 5.32 Å². The fourth-order valence-corrected chi connectivity index (χ4v) is 6.66. The molecule has 10 heteroatoms. The zero-order valence-electron chi connectivity index (χ0n) is 25.5. The van der Waals surface area contributed by atoms with Crippen LogP contribution in [0.2, 0.25) is 10.0 Å². The molecule has 0 aromatic heterocycles. The standard InChI is InChI=1S/C35H37Cl2N3O4S/c1-25(2)22-38-35(42)33(20-27-10-6-4-7-11-27)39(23-28-16-14-26(3)15-17-28)34(41)24-40(32-21-29(36)18-19-31(32)37)45(43,44)30-12-8-5-9-13-30/h4-19,21,25,33H,20,22-24H2,1-3H3,(H,38,42). The van der Waals surface area contributed by atoms with E-state index in [9.17, 15) is 18.0 Å². The van der Waals surface area contributed by atoms with Crippen molar-refractivity contribution in [3.63, 3.8) is 0 Å². The summed E-state index contributed by atoms with van der Waals surface area (Å²) in [5, 5.41) is 3.34. The van der Waals surface area contributed by atoms with Crippen LogP contribution in [0.25, 0.3) is 0 Å². The first-order chi connectivity index (χ1) is 21.5. The molecule has 0 saturated heterocycles. The van der Waals surface area contributed by atoms with E-state index in [4.69, 9.17) is 23.2 Å². The summed E-state index contributed by atoms with van der Waals surface area (Å²) in [6, 6.07) is 28.4. The minimum atomic E-state index is -4.28. The number of aryl methyl sites for hydroxylation is 1. The van der Waals surface area contributed by atoms with E-state index in [1.165, 1.54) is 29.2 Å². The van der Waals surface area contributed by atoms with Crippen molar-refractivity contribution in [3.05, 3.63) is 130 Å². The molecule has 0 aliphatic heterocycles. The van der Waals surface area contributed by atoms with Gasteiger partial charge in [0.2, 0.25) is 11.8 Å². The molecule has 2 amide bonds. The predicted molar refractivity (Wildman–Crippen MR) is 181 cm³/mol. The van der Waals surface area contributed by atoms with Crippen LogP contribution in [-0.4, -0.2) is 44.3 Å². The summed E-state index contributed by atoms with van der Waals surface area (Å²) in [4.78, 5) is 29.8. The first-order valence-electron chi connectivity index (χ1n) is 14.6. The van der Waals surface area contributed by atoms with E-state index < -0.39 is 28.5 Å². The number of halogens is 2. The van der Waals surface area contributed by atoms with Gasteiger partial charge in [-0.3, -0.25) is 13.9 Å². The highest BCUT2D eigenvalue weighted by Crippen LogP contribution is 2.33. The minimum Gasteiger partial charge on any atom is -0.354 e. The van der Waals surface area contributed by atoms with Crippen LogP contribution in [0.5, 0.6) is 0 Å². The molecule has 4 aromatic carbocycles. The summed E-state index contributed by atoms with van der Waals surface area (Å²) < 4.78 is 29.2. The van der Waals surface area contributed by atoms with Gasteiger partial charge in [-0.05, 0) is 54.3 Å². The Balaban J connectivity index is 1.82. The maximum atomic E-state index is 14.5. The van der Waals surface area contributed by atoms with Gasteiger partial charge in [-0.1, -0.05) is 115 Å². The van der Waals surface area contributed by atoms with Crippen molar-refractivity contribution in [2.45, 2.75) is 44.7 Å². The second-order valence-electron chi connectivity index (χ2n) is 11.3. The normalized spacial score (nSPS) is 12.0. The predicted octanol–water partition coefficient (Wildman–Crippen LogP) is 6.91. The number of rotatable bonds is 13. The van der Waals surface area contributed by atoms with Crippen LogP contribution in [0.3, 0.4) is 0 Å². The molecular weight excluding hydrogens is 629 g/mol. The molecule has 1 atom stereocenters. The molecule has 1 N–H and O–H groups in total. The second-order valence-corrected chi connectivity index (χ2v) is 14.0. The number of carbonyl (C=O) groups excluding carboxylic acids is 2. The van der Waals surface area contributed by atoms with Crippen molar-refractivity contribution in [1.29, 1.82) is 0 Å². The van der Waals surface area contributed by atoms with Crippen molar-refractivity contribution < 1.29 is 18.0 Å². The van der Waals surface area contributed by atoms with E-state index in [0.29, 0.717) is 6.54 Å². The Morgan fingerprint density at radius 1 is 0.822 bits per heavy atom. The largest absolute Gasteiger partial charge is 0.354 e. The second kappa shape index (κ2) is 15.4. The lowest BCUT2D eigenvalue weighted by molar-refractivity contribution is -0.140. The zero-order chi connectivity index (χ0) is 32.6. The molecule has 1 unspecified atom stereocenters. The smallest absolute Gasteiger partial charge is 0.264 e. The molecule has 0 saturated carbocycles. The number of nitrogens with zero attached hydrogens (tertiary/aromatic N) is 2. The van der Waals surface area contributed by atoms with Crippen molar-refractivity contribution >= 4 is 50.7 Å². The van der Waals surface area contributed by atoms with Gasteiger partial charge in [-0.15, -0.1) is 0 Å². The fraction of sp³-hybridized carbons (Fsp3) is 0.257. The Morgan fingerprint density at radius 3 is 2.07 bits per heavy atom. The summed E-state index contributed by atoms with van der Waals surface area (Å²) in [5.74, 6) is -0.720. The van der Waals surface area contributed by atoms with Gasteiger partial charge in [0.15, 0.2) is 0 Å². The van der Waals surface area contributed by atoms with E-state index in [-0.39, 0.29) is 45.4 Å². The van der Waals surface area contributed by atoms with Crippen molar-refractivity contribution in [1.82, 2.24) is 10.2 Å². The number of sulfonamides is 1. The fourth-order valence-electron chi connectivity index (χ4n) is 4.78. The van der Waals surface area contributed by atoms with E-state index in [1.54, 1.807) is 24.3 Å². The van der Waals surface area contributed by atoms with Gasteiger partial charge in [-0.2, -0.15) is 0 Å². The average molecular weight is 667 g/mol. The van der Waals surface area contributed by atoms with Crippen LogP contribution in [0.15, 0.2) is 108 Å². The summed E-state index contributed by atoms with van der Waals surface area (Å²) in [5.41, 5.74) is 2.75. The van der Waals surface area contributed by atoms with Crippen LogP contribution < -0.4 is 9.62 Å². The molecule has 4 aromatic rings. The van der Waals surface area contributed by atoms with Gasteiger partial charge in [0, 0.05) is 24.5 Å². The van der Waals surface area contributed by atoms with Gasteiger partial charge in [0.1, 0.15) is 12.6 Å². The van der Waals surface area contributed by atoms with Crippen molar-refractivity contribution in [2.24, 2.45) is 5.92 Å². The highest BCUT2D eigenvalue weighted by atomic mass is 35.5. The molecular formula is C35H37Cl2N3O4S. The molecule has 0 aliphatic rings. The minimum absolute atomic E-state index is 0.0190. The Bertz CT molecular complexity index is 1700. The number of carbonyl (C=O) groups is 2. The first-order valence-corrected chi connectivity index (χ1v) is 16.8. The van der Waals surface area contributed by atoms with Gasteiger partial charge in [0.05, 0.1) is 15.6 Å². The quantitative estimate of drug-likeness (QED) is 0.168.